The van der Waals surface area contributed by atoms with Crippen LogP contribution in [0.4, 0.5) is 0 Å². The molecular weight excluding hydrogens is 428 g/mol. The van der Waals surface area contributed by atoms with Crippen LogP contribution in [0, 0.1) is 0 Å². The lowest BCUT2D eigenvalue weighted by atomic mass is 10.1. The molecule has 0 bridgehead atoms. The summed E-state index contributed by atoms with van der Waals surface area (Å²) in [7, 11) is -7.34. The minimum atomic E-state index is -3.71. The number of fused-ring (bicyclic) bond motifs is 3. The van der Waals surface area contributed by atoms with Gasteiger partial charge in [-0.15, -0.1) is 0 Å². The number of nitrogens with zero attached hydrogens (tertiary/aromatic N) is 2. The Bertz CT molecular complexity index is 1390. The van der Waals surface area contributed by atoms with Crippen molar-refractivity contribution in [2.45, 2.75) is 22.5 Å². The van der Waals surface area contributed by atoms with E-state index in [1.165, 1.54) is 16.8 Å². The maximum absolute atomic E-state index is 12.9. The molecular formula is C20H18N2O6S2. The minimum absolute atomic E-state index is 0.0108. The fourth-order valence-corrected chi connectivity index (χ4v) is 6.00. The van der Waals surface area contributed by atoms with Gasteiger partial charge >= 0.3 is 5.97 Å². The molecule has 0 fully saturated rings. The van der Waals surface area contributed by atoms with E-state index in [1.807, 2.05) is 0 Å². The number of aromatic nitrogens is 2. The molecule has 0 radical (unpaired) electrons. The van der Waals surface area contributed by atoms with Crippen molar-refractivity contribution >= 4 is 25.6 Å². The summed E-state index contributed by atoms with van der Waals surface area (Å²) >= 11 is 0. The molecule has 10 heteroatoms. The van der Waals surface area contributed by atoms with Crippen molar-refractivity contribution in [2.24, 2.45) is 0 Å². The predicted molar refractivity (Wildman–Crippen MR) is 109 cm³/mol. The number of esters is 1. The van der Waals surface area contributed by atoms with Gasteiger partial charge in [-0.2, -0.15) is 5.10 Å². The lowest BCUT2D eigenvalue weighted by Gasteiger charge is -2.19. The van der Waals surface area contributed by atoms with Crippen molar-refractivity contribution in [3.8, 4) is 16.9 Å². The minimum Gasteiger partial charge on any atom is -0.461 e. The molecule has 156 valence electrons. The first-order valence-electron chi connectivity index (χ1n) is 9.05. The van der Waals surface area contributed by atoms with Crippen molar-refractivity contribution in [2.75, 3.05) is 12.9 Å². The number of carbonyl (C=O) groups is 1. The molecule has 0 N–H and O–H groups in total. The van der Waals surface area contributed by atoms with Gasteiger partial charge in [0, 0.05) is 17.4 Å². The van der Waals surface area contributed by atoms with Crippen LogP contribution in [0.2, 0.25) is 0 Å². The Labute approximate surface area is 173 Å². The summed E-state index contributed by atoms with van der Waals surface area (Å²) < 4.78 is 56.8. The second kappa shape index (κ2) is 7.06. The third-order valence-corrected chi connectivity index (χ3v) is 7.60. The van der Waals surface area contributed by atoms with Crippen LogP contribution >= 0.6 is 0 Å². The van der Waals surface area contributed by atoms with Gasteiger partial charge in [-0.25, -0.2) is 26.3 Å². The molecule has 1 aliphatic heterocycles. The summed E-state index contributed by atoms with van der Waals surface area (Å²) in [4.78, 5) is 12.7. The second-order valence-electron chi connectivity index (χ2n) is 6.80. The highest BCUT2D eigenvalue weighted by atomic mass is 32.2. The van der Waals surface area contributed by atoms with E-state index in [-0.39, 0.29) is 33.3 Å². The van der Waals surface area contributed by atoms with Crippen molar-refractivity contribution in [3.63, 3.8) is 0 Å². The molecule has 0 atom stereocenters. The number of sulfone groups is 2. The van der Waals surface area contributed by atoms with E-state index in [9.17, 15) is 21.6 Å². The van der Waals surface area contributed by atoms with Crippen LogP contribution in [0.5, 0.6) is 0 Å². The third-order valence-electron chi connectivity index (χ3n) is 4.76. The van der Waals surface area contributed by atoms with Gasteiger partial charge in [0.05, 0.1) is 33.5 Å². The van der Waals surface area contributed by atoms with E-state index in [0.717, 1.165) is 6.26 Å². The molecule has 0 spiro atoms. The van der Waals surface area contributed by atoms with E-state index in [0.29, 0.717) is 11.3 Å². The number of hydrogen-bond acceptors (Lipinski definition) is 7. The zero-order chi connectivity index (χ0) is 21.7. The van der Waals surface area contributed by atoms with Crippen molar-refractivity contribution < 1.29 is 26.4 Å². The van der Waals surface area contributed by atoms with E-state index in [1.54, 1.807) is 43.3 Å². The van der Waals surface area contributed by atoms with Gasteiger partial charge in [0.2, 0.25) is 0 Å². The molecule has 1 aliphatic rings. The largest absolute Gasteiger partial charge is 0.461 e. The molecule has 3 aromatic rings. The highest BCUT2D eigenvalue weighted by Crippen LogP contribution is 2.41. The van der Waals surface area contributed by atoms with Gasteiger partial charge in [-0.05, 0) is 25.1 Å². The lowest BCUT2D eigenvalue weighted by Crippen LogP contribution is -2.16. The number of benzene rings is 2. The quantitative estimate of drug-likeness (QED) is 0.566. The summed E-state index contributed by atoms with van der Waals surface area (Å²) in [6.45, 7) is 1.72. The van der Waals surface area contributed by atoms with Crippen molar-refractivity contribution in [3.05, 3.63) is 59.8 Å². The second-order valence-corrected chi connectivity index (χ2v) is 10.7. The molecule has 4 rings (SSSR count). The van der Waals surface area contributed by atoms with Crippen LogP contribution < -0.4 is 0 Å². The lowest BCUT2D eigenvalue weighted by molar-refractivity contribution is 0.0518. The molecule has 2 aromatic carbocycles. The highest BCUT2D eigenvalue weighted by molar-refractivity contribution is 7.91. The van der Waals surface area contributed by atoms with Crippen LogP contribution in [0.25, 0.3) is 16.9 Å². The number of carbonyl (C=O) groups excluding carboxylic acids is 1. The number of hydrogen-bond donors (Lipinski definition) is 0. The molecule has 0 amide bonds. The van der Waals surface area contributed by atoms with Gasteiger partial charge < -0.3 is 4.74 Å². The van der Waals surface area contributed by atoms with E-state index >= 15 is 0 Å². The number of ether oxygens (including phenoxy) is 1. The predicted octanol–water partition coefficient (Wildman–Crippen LogP) is 2.41. The number of para-hydroxylation sites is 1. The average Bonchev–Trinajstić information content (AvgIpc) is 3.06. The van der Waals surface area contributed by atoms with Crippen LogP contribution in [0.15, 0.2) is 58.3 Å². The summed E-state index contributed by atoms with van der Waals surface area (Å²) in [5.41, 5.74) is 0.981. The fraction of sp³-hybridized carbons (Fsp3) is 0.200. The van der Waals surface area contributed by atoms with Crippen LogP contribution in [0.3, 0.4) is 0 Å². The molecule has 0 aliphatic carbocycles. The Morgan fingerprint density at radius 1 is 1.13 bits per heavy atom. The van der Waals surface area contributed by atoms with Crippen molar-refractivity contribution in [1.82, 2.24) is 9.78 Å². The average molecular weight is 447 g/mol. The molecule has 0 unspecified atom stereocenters. The van der Waals surface area contributed by atoms with Crippen LogP contribution in [-0.4, -0.2) is 45.4 Å². The van der Waals surface area contributed by atoms with E-state index in [2.05, 4.69) is 5.10 Å². The van der Waals surface area contributed by atoms with Gasteiger partial charge in [0.1, 0.15) is 0 Å². The molecule has 0 saturated carbocycles. The van der Waals surface area contributed by atoms with Gasteiger partial charge in [-0.3, -0.25) is 0 Å². The van der Waals surface area contributed by atoms with Crippen LogP contribution in [-0.2, 0) is 30.2 Å². The topological polar surface area (TPSA) is 112 Å². The highest BCUT2D eigenvalue weighted by Gasteiger charge is 2.37. The Kier molecular flexibility index (Phi) is 4.78. The number of rotatable bonds is 4. The molecule has 1 aromatic heterocycles. The summed E-state index contributed by atoms with van der Waals surface area (Å²) in [5.74, 6) is -1.20. The van der Waals surface area contributed by atoms with Gasteiger partial charge in [0.25, 0.3) is 0 Å². The smallest absolute Gasteiger partial charge is 0.359 e. The first-order valence-corrected chi connectivity index (χ1v) is 12.6. The standard InChI is InChI=1S/C20H18N2O6S2/c1-3-28-20(23)18-14-12-30(26,27)16-10-6-4-8-13(16)19(14)22(21-18)15-9-5-7-11-17(15)29(2,24)25/h4-11H,3,12H2,1-2H3. The fourth-order valence-electron chi connectivity index (χ4n) is 3.55. The van der Waals surface area contributed by atoms with Crippen LogP contribution in [0.1, 0.15) is 23.0 Å². The monoisotopic (exact) mass is 446 g/mol. The first-order chi connectivity index (χ1) is 14.1. The van der Waals surface area contributed by atoms with E-state index in [4.69, 9.17) is 4.74 Å². The zero-order valence-corrected chi connectivity index (χ0v) is 17.8. The van der Waals surface area contributed by atoms with Gasteiger partial charge in [0.15, 0.2) is 25.4 Å². The summed E-state index contributed by atoms with van der Waals surface area (Å²) in [6, 6.07) is 12.6. The molecule has 0 saturated heterocycles. The Morgan fingerprint density at radius 2 is 1.80 bits per heavy atom. The first kappa shape index (κ1) is 20.3. The van der Waals surface area contributed by atoms with Crippen molar-refractivity contribution in [1.29, 1.82) is 0 Å². The Balaban J connectivity index is 2.12. The maximum atomic E-state index is 12.9. The SMILES string of the molecule is CCOC(=O)c1nn(-c2ccccc2S(C)(=O)=O)c2c1CS(=O)(=O)c1ccccc1-2. The molecule has 2 heterocycles. The van der Waals surface area contributed by atoms with E-state index < -0.39 is 31.4 Å². The summed E-state index contributed by atoms with van der Waals surface area (Å²) in [5, 5.41) is 4.33. The summed E-state index contributed by atoms with van der Waals surface area (Å²) in [6.07, 6.45) is 1.08. The molecule has 30 heavy (non-hydrogen) atoms. The zero-order valence-electron chi connectivity index (χ0n) is 16.2. The molecule has 8 nitrogen and oxygen atoms in total. The Morgan fingerprint density at radius 3 is 2.50 bits per heavy atom. The van der Waals surface area contributed by atoms with Gasteiger partial charge in [-0.1, -0.05) is 30.3 Å². The maximum Gasteiger partial charge on any atom is 0.359 e. The Hall–Kier alpha value is -2.98. The normalized spacial score (nSPS) is 14.6. The third kappa shape index (κ3) is 3.21.